The minimum Gasteiger partial charge on any atom is -0.378 e. The highest BCUT2D eigenvalue weighted by molar-refractivity contribution is 7.10. The summed E-state index contributed by atoms with van der Waals surface area (Å²) in [4.78, 5) is 24.9. The van der Waals surface area contributed by atoms with Gasteiger partial charge in [-0.3, -0.25) is 9.59 Å². The summed E-state index contributed by atoms with van der Waals surface area (Å²) < 4.78 is 13.6. The molecule has 27 heavy (non-hydrogen) atoms. The normalized spacial score (nSPS) is 13.0. The Kier molecular flexibility index (Phi) is 5.69. The number of rotatable bonds is 5. The molecule has 1 unspecified atom stereocenters. The van der Waals surface area contributed by atoms with E-state index < -0.39 is 23.2 Å². The Bertz CT molecular complexity index is 906. The molecule has 3 aromatic rings. The van der Waals surface area contributed by atoms with Crippen molar-refractivity contribution in [3.8, 4) is 0 Å². The van der Waals surface area contributed by atoms with Crippen LogP contribution in [0.3, 0.4) is 0 Å². The first kappa shape index (κ1) is 19.2. The van der Waals surface area contributed by atoms with Gasteiger partial charge in [0, 0.05) is 16.1 Å². The zero-order valence-corrected chi connectivity index (χ0v) is 16.0. The molecule has 140 valence electrons. The zero-order chi connectivity index (χ0) is 19.4. The lowest BCUT2D eigenvalue weighted by molar-refractivity contribution is -0.136. The van der Waals surface area contributed by atoms with Crippen molar-refractivity contribution in [3.05, 3.63) is 74.4 Å². The third-order valence-electron chi connectivity index (χ3n) is 4.07. The summed E-state index contributed by atoms with van der Waals surface area (Å²) in [5.74, 6) is -2.32. The smallest absolute Gasteiger partial charge is 0.313 e. The predicted molar refractivity (Wildman–Crippen MR) is 104 cm³/mol. The van der Waals surface area contributed by atoms with Crippen molar-refractivity contribution in [2.45, 2.75) is 12.5 Å². The minimum atomic E-state index is -1.43. The molecule has 8 heteroatoms. The fraction of sp³-hybridized carbons (Fsp3) is 0.158. The number of carbonyl (C=O) groups excluding carboxylic acids is 2. The molecule has 5 nitrogen and oxygen atoms in total. The van der Waals surface area contributed by atoms with Crippen LogP contribution in [-0.4, -0.2) is 23.5 Å². The van der Waals surface area contributed by atoms with Crippen LogP contribution >= 0.6 is 22.7 Å². The zero-order valence-electron chi connectivity index (χ0n) is 14.4. The molecule has 3 rings (SSSR count). The summed E-state index contributed by atoms with van der Waals surface area (Å²) in [7, 11) is 0. The molecule has 0 fully saturated rings. The molecule has 2 aromatic heterocycles. The number of hydrogen-bond acceptors (Lipinski definition) is 5. The molecule has 0 saturated heterocycles. The number of benzene rings is 1. The van der Waals surface area contributed by atoms with Crippen molar-refractivity contribution >= 4 is 40.2 Å². The molecule has 0 saturated carbocycles. The summed E-state index contributed by atoms with van der Waals surface area (Å²) in [6.07, 6.45) is 0. The van der Waals surface area contributed by atoms with Crippen molar-refractivity contribution in [2.24, 2.45) is 0 Å². The Labute approximate surface area is 163 Å². The Morgan fingerprint density at radius 2 is 2.00 bits per heavy atom. The number of hydrogen-bond donors (Lipinski definition) is 3. The first-order valence-electron chi connectivity index (χ1n) is 8.04. The van der Waals surface area contributed by atoms with Gasteiger partial charge in [-0.1, -0.05) is 12.1 Å². The molecular formula is C19H17FN2O3S2. The lowest BCUT2D eigenvalue weighted by Gasteiger charge is -2.26. The molecule has 0 aliphatic rings. The maximum absolute atomic E-state index is 13.6. The van der Waals surface area contributed by atoms with Gasteiger partial charge in [-0.15, -0.1) is 11.3 Å². The molecule has 0 bridgehead atoms. The topological polar surface area (TPSA) is 78.4 Å². The SMILES string of the molecule is Cc1ccc(NC(=O)C(=O)NCC(O)(c2ccsc2)c2cccs2)cc1F. The van der Waals surface area contributed by atoms with Gasteiger partial charge in [0.1, 0.15) is 11.4 Å². The monoisotopic (exact) mass is 404 g/mol. The van der Waals surface area contributed by atoms with Crippen LogP contribution in [0.15, 0.2) is 52.5 Å². The highest BCUT2D eigenvalue weighted by Gasteiger charge is 2.34. The van der Waals surface area contributed by atoms with Crippen LogP contribution in [0.2, 0.25) is 0 Å². The molecule has 2 heterocycles. The van der Waals surface area contributed by atoms with Crippen LogP contribution in [0.5, 0.6) is 0 Å². The molecule has 0 radical (unpaired) electrons. The fourth-order valence-electron chi connectivity index (χ4n) is 2.49. The Morgan fingerprint density at radius 3 is 2.63 bits per heavy atom. The van der Waals surface area contributed by atoms with Crippen molar-refractivity contribution in [1.29, 1.82) is 0 Å². The number of aliphatic hydroxyl groups is 1. The second-order valence-electron chi connectivity index (χ2n) is 5.95. The van der Waals surface area contributed by atoms with Crippen LogP contribution in [0.1, 0.15) is 16.0 Å². The maximum Gasteiger partial charge on any atom is 0.313 e. The van der Waals surface area contributed by atoms with Gasteiger partial charge in [-0.25, -0.2) is 4.39 Å². The first-order chi connectivity index (χ1) is 12.9. The van der Waals surface area contributed by atoms with Crippen LogP contribution in [0.25, 0.3) is 0 Å². The van der Waals surface area contributed by atoms with Gasteiger partial charge in [0.25, 0.3) is 0 Å². The maximum atomic E-state index is 13.6. The molecule has 1 aromatic carbocycles. The summed E-state index contributed by atoms with van der Waals surface area (Å²) in [6.45, 7) is 1.43. The third-order valence-corrected chi connectivity index (χ3v) is 5.77. The highest BCUT2D eigenvalue weighted by atomic mass is 32.1. The molecule has 0 spiro atoms. The average Bonchev–Trinajstić information content (AvgIpc) is 3.36. The van der Waals surface area contributed by atoms with Crippen molar-refractivity contribution in [1.82, 2.24) is 5.32 Å². The molecular weight excluding hydrogens is 387 g/mol. The van der Waals surface area contributed by atoms with Gasteiger partial charge in [-0.05, 0) is 52.9 Å². The van der Waals surface area contributed by atoms with E-state index in [4.69, 9.17) is 0 Å². The lowest BCUT2D eigenvalue weighted by Crippen LogP contribution is -2.44. The van der Waals surface area contributed by atoms with E-state index in [-0.39, 0.29) is 12.2 Å². The van der Waals surface area contributed by atoms with Crippen LogP contribution < -0.4 is 10.6 Å². The van der Waals surface area contributed by atoms with Gasteiger partial charge >= 0.3 is 11.8 Å². The van der Waals surface area contributed by atoms with E-state index in [9.17, 15) is 19.1 Å². The van der Waals surface area contributed by atoms with E-state index in [1.54, 1.807) is 30.5 Å². The number of amides is 2. The number of nitrogens with one attached hydrogen (secondary N) is 2. The van der Waals surface area contributed by atoms with E-state index in [1.807, 2.05) is 10.8 Å². The number of carbonyl (C=O) groups is 2. The highest BCUT2D eigenvalue weighted by Crippen LogP contribution is 2.33. The number of halogens is 1. The second-order valence-corrected chi connectivity index (χ2v) is 7.68. The molecule has 0 aliphatic heterocycles. The minimum absolute atomic E-state index is 0.168. The first-order valence-corrected chi connectivity index (χ1v) is 9.87. The van der Waals surface area contributed by atoms with E-state index in [0.717, 1.165) is 6.07 Å². The predicted octanol–water partition coefficient (Wildman–Crippen LogP) is 3.25. The second kappa shape index (κ2) is 7.99. The van der Waals surface area contributed by atoms with Crippen LogP contribution in [-0.2, 0) is 15.2 Å². The number of aryl methyl sites for hydroxylation is 1. The summed E-state index contributed by atoms with van der Waals surface area (Å²) in [5, 5.41) is 21.4. The Morgan fingerprint density at radius 1 is 1.19 bits per heavy atom. The average molecular weight is 404 g/mol. The van der Waals surface area contributed by atoms with E-state index in [2.05, 4.69) is 10.6 Å². The van der Waals surface area contributed by atoms with Gasteiger partial charge in [0.05, 0.1) is 6.54 Å². The fourth-order valence-corrected chi connectivity index (χ4v) is 4.06. The van der Waals surface area contributed by atoms with Crippen molar-refractivity contribution < 1.29 is 19.1 Å². The molecule has 3 N–H and O–H groups in total. The number of thiophene rings is 2. The van der Waals surface area contributed by atoms with Crippen molar-refractivity contribution in [3.63, 3.8) is 0 Å². The lowest BCUT2D eigenvalue weighted by atomic mass is 9.94. The van der Waals surface area contributed by atoms with Crippen molar-refractivity contribution in [2.75, 3.05) is 11.9 Å². The molecule has 2 amide bonds. The molecule has 0 aliphatic carbocycles. The van der Waals surface area contributed by atoms with Crippen LogP contribution in [0.4, 0.5) is 10.1 Å². The van der Waals surface area contributed by atoms with Gasteiger partial charge in [0.15, 0.2) is 0 Å². The molecule has 1 atom stereocenters. The standard InChI is InChI=1S/C19H17FN2O3S2/c1-12-4-5-14(9-15(12)20)22-18(24)17(23)21-11-19(25,13-6-8-26-10-13)16-3-2-7-27-16/h2-10,25H,11H2,1H3,(H,21,23)(H,22,24). The summed E-state index contributed by atoms with van der Waals surface area (Å²) in [5.41, 5.74) is -0.171. The quantitative estimate of drug-likeness (QED) is 0.571. The Hall–Kier alpha value is -2.55. The Balaban J connectivity index is 1.69. The number of anilines is 1. The van der Waals surface area contributed by atoms with E-state index >= 15 is 0 Å². The summed E-state index contributed by atoms with van der Waals surface area (Å²) in [6, 6.07) is 9.51. The van der Waals surface area contributed by atoms with Gasteiger partial charge < -0.3 is 15.7 Å². The van der Waals surface area contributed by atoms with Gasteiger partial charge in [-0.2, -0.15) is 11.3 Å². The summed E-state index contributed by atoms with van der Waals surface area (Å²) >= 11 is 2.78. The van der Waals surface area contributed by atoms with Crippen LogP contribution in [0, 0.1) is 12.7 Å². The largest absolute Gasteiger partial charge is 0.378 e. The third kappa shape index (κ3) is 4.24. The van der Waals surface area contributed by atoms with E-state index in [1.165, 1.54) is 34.8 Å². The van der Waals surface area contributed by atoms with E-state index in [0.29, 0.717) is 16.0 Å². The van der Waals surface area contributed by atoms with Gasteiger partial charge in [0.2, 0.25) is 0 Å².